The maximum atomic E-state index is 12.5. The molecule has 26 heavy (non-hydrogen) atoms. The molecule has 0 saturated carbocycles. The Morgan fingerprint density at radius 3 is 2.42 bits per heavy atom. The first-order valence-corrected chi connectivity index (χ1v) is 8.53. The lowest BCUT2D eigenvalue weighted by atomic mass is 10.1. The van der Waals surface area contributed by atoms with Crippen molar-refractivity contribution >= 4 is 17.5 Å². The van der Waals surface area contributed by atoms with Gasteiger partial charge in [-0.05, 0) is 44.5 Å². The lowest BCUT2D eigenvalue weighted by Gasteiger charge is -2.09. The number of nitrogens with one attached hydrogen (secondary N) is 2. The Morgan fingerprint density at radius 2 is 1.69 bits per heavy atom. The number of anilines is 2. The maximum Gasteiger partial charge on any atom is 0.274 e. The van der Waals surface area contributed by atoms with Crippen LogP contribution in [0.2, 0.25) is 0 Å². The molecular weight excluding hydrogens is 324 g/mol. The average Bonchev–Trinajstić information content (AvgIpc) is 2.61. The van der Waals surface area contributed by atoms with Crippen molar-refractivity contribution in [2.45, 2.75) is 27.3 Å². The molecule has 1 aromatic heterocycles. The van der Waals surface area contributed by atoms with Crippen molar-refractivity contribution in [1.82, 2.24) is 9.97 Å². The summed E-state index contributed by atoms with van der Waals surface area (Å²) < 4.78 is 0. The third-order valence-corrected chi connectivity index (χ3v) is 3.93. The molecule has 0 radical (unpaired) electrons. The molecule has 1 heterocycles. The van der Waals surface area contributed by atoms with Gasteiger partial charge in [0.1, 0.15) is 5.69 Å². The number of nitrogens with zero attached hydrogens (tertiary/aromatic N) is 2. The van der Waals surface area contributed by atoms with E-state index in [0.717, 1.165) is 22.5 Å². The highest BCUT2D eigenvalue weighted by molar-refractivity contribution is 6.03. The van der Waals surface area contributed by atoms with Gasteiger partial charge < -0.3 is 10.6 Å². The first kappa shape index (κ1) is 17.6. The lowest BCUT2D eigenvalue weighted by molar-refractivity contribution is 0.102. The van der Waals surface area contributed by atoms with Crippen LogP contribution in [0.4, 0.5) is 11.6 Å². The van der Waals surface area contributed by atoms with Crippen LogP contribution in [-0.4, -0.2) is 15.9 Å². The van der Waals surface area contributed by atoms with E-state index >= 15 is 0 Å². The molecule has 0 aliphatic rings. The summed E-state index contributed by atoms with van der Waals surface area (Å²) in [5, 5.41) is 6.06. The van der Waals surface area contributed by atoms with Crippen molar-refractivity contribution < 1.29 is 4.79 Å². The Bertz CT molecular complexity index is 920. The minimum absolute atomic E-state index is 0.252. The van der Waals surface area contributed by atoms with E-state index in [1.165, 1.54) is 5.56 Å². The zero-order valence-corrected chi connectivity index (χ0v) is 15.2. The number of rotatable bonds is 5. The van der Waals surface area contributed by atoms with Gasteiger partial charge in [0, 0.05) is 17.9 Å². The third-order valence-electron chi connectivity index (χ3n) is 3.93. The van der Waals surface area contributed by atoms with E-state index < -0.39 is 0 Å². The number of hydrogen-bond acceptors (Lipinski definition) is 4. The molecule has 2 N–H and O–H groups in total. The van der Waals surface area contributed by atoms with Crippen LogP contribution in [0, 0.1) is 20.8 Å². The van der Waals surface area contributed by atoms with E-state index in [-0.39, 0.29) is 5.91 Å². The molecule has 3 aromatic rings. The van der Waals surface area contributed by atoms with Crippen LogP contribution in [0.25, 0.3) is 0 Å². The maximum absolute atomic E-state index is 12.5. The molecule has 2 aromatic carbocycles. The molecule has 0 spiro atoms. The fourth-order valence-electron chi connectivity index (χ4n) is 2.60. The van der Waals surface area contributed by atoms with Crippen LogP contribution in [0.5, 0.6) is 0 Å². The summed E-state index contributed by atoms with van der Waals surface area (Å²) in [6.45, 7) is 6.51. The first-order chi connectivity index (χ1) is 12.5. The topological polar surface area (TPSA) is 66.9 Å². The molecule has 1 amide bonds. The van der Waals surface area contributed by atoms with Gasteiger partial charge >= 0.3 is 0 Å². The van der Waals surface area contributed by atoms with Gasteiger partial charge in [0.05, 0.1) is 0 Å². The second-order valence-corrected chi connectivity index (χ2v) is 6.38. The number of carbonyl (C=O) groups is 1. The average molecular weight is 346 g/mol. The summed E-state index contributed by atoms with van der Waals surface area (Å²) in [5.41, 5.74) is 5.30. The summed E-state index contributed by atoms with van der Waals surface area (Å²) in [6.07, 6.45) is 0. The smallest absolute Gasteiger partial charge is 0.274 e. The minimum Gasteiger partial charge on any atom is -0.350 e. The Morgan fingerprint density at radius 1 is 0.923 bits per heavy atom. The molecule has 0 unspecified atom stereocenters. The van der Waals surface area contributed by atoms with Gasteiger partial charge in [0.15, 0.2) is 0 Å². The molecule has 3 rings (SSSR count). The van der Waals surface area contributed by atoms with Crippen molar-refractivity contribution in [2.75, 3.05) is 10.6 Å². The molecule has 0 atom stereocenters. The van der Waals surface area contributed by atoms with Crippen LogP contribution < -0.4 is 10.6 Å². The zero-order valence-electron chi connectivity index (χ0n) is 15.2. The van der Waals surface area contributed by atoms with Gasteiger partial charge in [-0.2, -0.15) is 0 Å². The van der Waals surface area contributed by atoms with Gasteiger partial charge in [-0.1, -0.05) is 47.5 Å². The van der Waals surface area contributed by atoms with Crippen molar-refractivity contribution in [2.24, 2.45) is 0 Å². The predicted octanol–water partition coefficient (Wildman–Crippen LogP) is 4.27. The molecular formula is C21H22N4O. The fraction of sp³-hybridized carbons (Fsp3) is 0.190. The Kier molecular flexibility index (Phi) is 5.27. The van der Waals surface area contributed by atoms with E-state index in [1.54, 1.807) is 6.07 Å². The molecule has 5 nitrogen and oxygen atoms in total. The van der Waals surface area contributed by atoms with Crippen molar-refractivity contribution in [1.29, 1.82) is 0 Å². The Hall–Kier alpha value is -3.21. The molecule has 132 valence electrons. The molecule has 0 fully saturated rings. The van der Waals surface area contributed by atoms with Crippen LogP contribution in [0.3, 0.4) is 0 Å². The highest BCUT2D eigenvalue weighted by atomic mass is 16.1. The van der Waals surface area contributed by atoms with Gasteiger partial charge in [-0.25, -0.2) is 9.97 Å². The number of benzene rings is 2. The fourth-order valence-corrected chi connectivity index (χ4v) is 2.60. The zero-order chi connectivity index (χ0) is 18.5. The van der Waals surface area contributed by atoms with Gasteiger partial charge in [0.25, 0.3) is 5.91 Å². The van der Waals surface area contributed by atoms with Crippen LogP contribution in [0.15, 0.2) is 54.6 Å². The highest BCUT2D eigenvalue weighted by Crippen LogP contribution is 2.12. The number of hydrogen-bond donors (Lipinski definition) is 2. The predicted molar refractivity (Wildman–Crippen MR) is 104 cm³/mol. The quantitative estimate of drug-likeness (QED) is 0.724. The molecule has 0 bridgehead atoms. The van der Waals surface area contributed by atoms with Gasteiger partial charge in [0.2, 0.25) is 5.95 Å². The Labute approximate surface area is 153 Å². The minimum atomic E-state index is -0.252. The van der Waals surface area contributed by atoms with E-state index in [1.807, 2.05) is 50.2 Å². The largest absolute Gasteiger partial charge is 0.350 e. The van der Waals surface area contributed by atoms with Crippen molar-refractivity contribution in [3.63, 3.8) is 0 Å². The normalized spacial score (nSPS) is 10.4. The van der Waals surface area contributed by atoms with E-state index in [4.69, 9.17) is 0 Å². The van der Waals surface area contributed by atoms with Crippen LogP contribution >= 0.6 is 0 Å². The summed E-state index contributed by atoms with van der Waals surface area (Å²) in [4.78, 5) is 21.2. The SMILES string of the molecule is Cc1ccc(NC(=O)c2cc(C)nc(NCc3cccc(C)c3)n2)cc1. The monoisotopic (exact) mass is 346 g/mol. The summed E-state index contributed by atoms with van der Waals surface area (Å²) in [5.74, 6) is 0.193. The van der Waals surface area contributed by atoms with E-state index in [0.29, 0.717) is 18.2 Å². The summed E-state index contributed by atoms with van der Waals surface area (Å²) in [7, 11) is 0. The second kappa shape index (κ2) is 7.78. The van der Waals surface area contributed by atoms with Crippen LogP contribution in [0.1, 0.15) is 32.9 Å². The number of aromatic nitrogens is 2. The van der Waals surface area contributed by atoms with Crippen LogP contribution in [-0.2, 0) is 6.54 Å². The lowest BCUT2D eigenvalue weighted by Crippen LogP contribution is -2.16. The first-order valence-electron chi connectivity index (χ1n) is 8.53. The number of carbonyl (C=O) groups excluding carboxylic acids is 1. The molecule has 5 heteroatoms. The molecule has 0 saturated heterocycles. The number of aryl methyl sites for hydroxylation is 3. The third kappa shape index (κ3) is 4.66. The molecule has 0 aliphatic heterocycles. The van der Waals surface area contributed by atoms with E-state index in [2.05, 4.69) is 39.7 Å². The van der Waals surface area contributed by atoms with Crippen molar-refractivity contribution in [3.05, 3.63) is 82.7 Å². The van der Waals surface area contributed by atoms with E-state index in [9.17, 15) is 4.79 Å². The van der Waals surface area contributed by atoms with Gasteiger partial charge in [-0.3, -0.25) is 4.79 Å². The molecule has 0 aliphatic carbocycles. The van der Waals surface area contributed by atoms with Crippen molar-refractivity contribution in [3.8, 4) is 0 Å². The summed E-state index contributed by atoms with van der Waals surface area (Å²) >= 11 is 0. The standard InChI is InChI=1S/C21H22N4O/c1-14-7-9-18(10-8-14)24-20(26)19-12-16(3)23-21(25-19)22-13-17-6-4-5-15(2)11-17/h4-12H,13H2,1-3H3,(H,24,26)(H,22,23,25). The second-order valence-electron chi connectivity index (χ2n) is 6.38. The van der Waals surface area contributed by atoms with Gasteiger partial charge in [-0.15, -0.1) is 0 Å². The summed E-state index contributed by atoms with van der Waals surface area (Å²) in [6, 6.07) is 17.6. The number of amides is 1. The highest BCUT2D eigenvalue weighted by Gasteiger charge is 2.11. The Balaban J connectivity index is 1.72.